The first kappa shape index (κ1) is 8.47. The first-order chi connectivity index (χ1) is 6.29. The largest absolute Gasteiger partial charge is 0.342 e. The quantitative estimate of drug-likeness (QED) is 0.756. The molecule has 0 radical (unpaired) electrons. The van der Waals surface area contributed by atoms with E-state index in [9.17, 15) is 0 Å². The fourth-order valence-corrected chi connectivity index (χ4v) is 1.41. The average molecular weight is 197 g/mol. The second-order valence-corrected chi connectivity index (χ2v) is 3.19. The summed E-state index contributed by atoms with van der Waals surface area (Å²) in [5, 5.41) is 9.02. The van der Waals surface area contributed by atoms with Crippen molar-refractivity contribution in [2.24, 2.45) is 5.73 Å². The lowest BCUT2D eigenvalue weighted by atomic mass is 10.3. The van der Waals surface area contributed by atoms with Crippen molar-refractivity contribution in [3.05, 3.63) is 23.0 Å². The fourth-order valence-electron chi connectivity index (χ4n) is 1.25. The van der Waals surface area contributed by atoms with Gasteiger partial charge in [0.05, 0.1) is 0 Å². The van der Waals surface area contributed by atoms with Gasteiger partial charge < -0.3 is 10.7 Å². The molecule has 5 heteroatoms. The zero-order chi connectivity index (χ0) is 9.26. The lowest BCUT2D eigenvalue weighted by Crippen LogP contribution is -2.02. The van der Waals surface area contributed by atoms with Crippen LogP contribution < -0.4 is 5.73 Å². The van der Waals surface area contributed by atoms with Crippen LogP contribution in [0.3, 0.4) is 0 Å². The fraction of sp³-hybridized carbons (Fsp3) is 0.250. The molecule has 0 fully saturated rings. The first-order valence-electron chi connectivity index (χ1n) is 4.00. The van der Waals surface area contributed by atoms with Crippen LogP contribution in [-0.4, -0.2) is 21.7 Å². The second-order valence-electron chi connectivity index (χ2n) is 2.80. The third-order valence-corrected chi connectivity index (χ3v) is 2.00. The first-order valence-corrected chi connectivity index (χ1v) is 4.38. The van der Waals surface area contributed by atoms with Crippen LogP contribution in [0.2, 0.25) is 5.15 Å². The van der Waals surface area contributed by atoms with E-state index < -0.39 is 0 Å². The highest BCUT2D eigenvalue weighted by molar-refractivity contribution is 6.29. The Morgan fingerprint density at radius 1 is 1.38 bits per heavy atom. The second kappa shape index (κ2) is 3.32. The van der Waals surface area contributed by atoms with Gasteiger partial charge in [-0.15, -0.1) is 10.2 Å². The highest BCUT2D eigenvalue weighted by atomic mass is 35.5. The standard InChI is InChI=1S/C8H9ClN4/c9-7-4-5-3-6(1-2-10)11-8(5)13-12-7/h3-4H,1-2,10H2,(H,11,13). The molecule has 0 aliphatic rings. The van der Waals surface area contributed by atoms with E-state index in [-0.39, 0.29) is 0 Å². The molecule has 0 aromatic carbocycles. The summed E-state index contributed by atoms with van der Waals surface area (Å²) in [6, 6.07) is 3.77. The number of nitrogens with zero attached hydrogens (tertiary/aromatic N) is 2. The van der Waals surface area contributed by atoms with Gasteiger partial charge in [-0.05, 0) is 25.1 Å². The summed E-state index contributed by atoms with van der Waals surface area (Å²) in [5.74, 6) is 0. The van der Waals surface area contributed by atoms with Gasteiger partial charge in [-0.25, -0.2) is 0 Å². The summed E-state index contributed by atoms with van der Waals surface area (Å²) in [5.41, 5.74) is 7.25. The number of hydrogen-bond donors (Lipinski definition) is 2. The molecule has 0 spiro atoms. The molecule has 3 N–H and O–H groups in total. The molecule has 0 atom stereocenters. The van der Waals surface area contributed by atoms with E-state index in [0.29, 0.717) is 11.7 Å². The Kier molecular flexibility index (Phi) is 2.16. The van der Waals surface area contributed by atoms with Crippen molar-refractivity contribution in [3.63, 3.8) is 0 Å². The third-order valence-electron chi connectivity index (χ3n) is 1.82. The van der Waals surface area contributed by atoms with Crippen molar-refractivity contribution in [2.45, 2.75) is 6.42 Å². The Labute approximate surface area is 80.1 Å². The molecule has 0 bridgehead atoms. The summed E-state index contributed by atoms with van der Waals surface area (Å²) in [6.07, 6.45) is 0.813. The van der Waals surface area contributed by atoms with Crippen LogP contribution in [0.1, 0.15) is 5.69 Å². The van der Waals surface area contributed by atoms with Crippen LogP contribution in [0.25, 0.3) is 11.0 Å². The number of aromatic amines is 1. The average Bonchev–Trinajstić information content (AvgIpc) is 2.46. The van der Waals surface area contributed by atoms with Crippen LogP contribution in [0, 0.1) is 0 Å². The van der Waals surface area contributed by atoms with Gasteiger partial charge in [0.2, 0.25) is 0 Å². The molecule has 0 aliphatic heterocycles. The van der Waals surface area contributed by atoms with Crippen LogP contribution >= 0.6 is 11.6 Å². The summed E-state index contributed by atoms with van der Waals surface area (Å²) in [4.78, 5) is 3.11. The SMILES string of the molecule is NCCc1cc2cc(Cl)nnc2[nH]1. The number of hydrogen-bond acceptors (Lipinski definition) is 3. The zero-order valence-electron chi connectivity index (χ0n) is 6.92. The number of H-pyrrole nitrogens is 1. The van der Waals surface area contributed by atoms with Gasteiger partial charge in [-0.1, -0.05) is 11.6 Å². The Balaban J connectivity index is 2.49. The molecule has 0 amide bonds. The van der Waals surface area contributed by atoms with E-state index in [0.717, 1.165) is 23.1 Å². The van der Waals surface area contributed by atoms with E-state index in [1.807, 2.05) is 6.07 Å². The lowest BCUT2D eigenvalue weighted by molar-refractivity contribution is 0.934. The van der Waals surface area contributed by atoms with E-state index in [4.69, 9.17) is 17.3 Å². The van der Waals surface area contributed by atoms with Crippen LogP contribution in [-0.2, 0) is 6.42 Å². The Bertz CT molecular complexity index is 423. The van der Waals surface area contributed by atoms with Gasteiger partial charge >= 0.3 is 0 Å². The molecule has 2 aromatic rings. The maximum atomic E-state index is 5.69. The number of fused-ring (bicyclic) bond motifs is 1. The van der Waals surface area contributed by atoms with E-state index >= 15 is 0 Å². The molecule has 0 saturated heterocycles. The maximum absolute atomic E-state index is 5.69. The summed E-state index contributed by atoms with van der Waals surface area (Å²) in [6.45, 7) is 0.619. The molecule has 2 aromatic heterocycles. The monoisotopic (exact) mass is 196 g/mol. The normalized spacial score (nSPS) is 10.9. The van der Waals surface area contributed by atoms with E-state index in [1.165, 1.54) is 0 Å². The Hall–Kier alpha value is -1.13. The van der Waals surface area contributed by atoms with Crippen molar-refractivity contribution >= 4 is 22.6 Å². The number of rotatable bonds is 2. The van der Waals surface area contributed by atoms with Crippen LogP contribution in [0.5, 0.6) is 0 Å². The predicted octanol–water partition coefficient (Wildman–Crippen LogP) is 1.11. The molecular formula is C8H9ClN4. The highest BCUT2D eigenvalue weighted by Crippen LogP contribution is 2.15. The molecule has 0 unspecified atom stereocenters. The highest BCUT2D eigenvalue weighted by Gasteiger charge is 2.02. The third kappa shape index (κ3) is 1.64. The lowest BCUT2D eigenvalue weighted by Gasteiger charge is -1.88. The minimum absolute atomic E-state index is 0.408. The number of aromatic nitrogens is 3. The van der Waals surface area contributed by atoms with Crippen molar-refractivity contribution in [2.75, 3.05) is 6.54 Å². The number of nitrogens with two attached hydrogens (primary N) is 1. The molecule has 0 aliphatic carbocycles. The zero-order valence-corrected chi connectivity index (χ0v) is 7.67. The van der Waals surface area contributed by atoms with Gasteiger partial charge in [0.25, 0.3) is 0 Å². The Morgan fingerprint density at radius 2 is 2.23 bits per heavy atom. The summed E-state index contributed by atoms with van der Waals surface area (Å²) < 4.78 is 0. The van der Waals surface area contributed by atoms with Crippen molar-refractivity contribution < 1.29 is 0 Å². The molecule has 4 nitrogen and oxygen atoms in total. The Morgan fingerprint density at radius 3 is 3.00 bits per heavy atom. The smallest absolute Gasteiger partial charge is 0.160 e. The topological polar surface area (TPSA) is 67.6 Å². The number of halogens is 1. The van der Waals surface area contributed by atoms with Gasteiger partial charge in [0.15, 0.2) is 10.8 Å². The summed E-state index contributed by atoms with van der Waals surface area (Å²) >= 11 is 5.69. The van der Waals surface area contributed by atoms with Gasteiger partial charge in [0, 0.05) is 11.1 Å². The predicted molar refractivity (Wildman–Crippen MR) is 51.7 cm³/mol. The molecule has 0 saturated carbocycles. The van der Waals surface area contributed by atoms with Crippen molar-refractivity contribution in [1.82, 2.24) is 15.2 Å². The summed E-state index contributed by atoms with van der Waals surface area (Å²) in [7, 11) is 0. The van der Waals surface area contributed by atoms with Crippen molar-refractivity contribution in [1.29, 1.82) is 0 Å². The van der Waals surface area contributed by atoms with Crippen LogP contribution in [0.15, 0.2) is 12.1 Å². The molecule has 2 rings (SSSR count). The maximum Gasteiger partial charge on any atom is 0.160 e. The van der Waals surface area contributed by atoms with Gasteiger partial charge in [-0.3, -0.25) is 0 Å². The van der Waals surface area contributed by atoms with Crippen LogP contribution in [0.4, 0.5) is 0 Å². The van der Waals surface area contributed by atoms with Crippen molar-refractivity contribution in [3.8, 4) is 0 Å². The van der Waals surface area contributed by atoms with Gasteiger partial charge in [-0.2, -0.15) is 0 Å². The number of nitrogens with one attached hydrogen (secondary N) is 1. The molecule has 13 heavy (non-hydrogen) atoms. The van der Waals surface area contributed by atoms with E-state index in [1.54, 1.807) is 6.07 Å². The van der Waals surface area contributed by atoms with Gasteiger partial charge in [0.1, 0.15) is 0 Å². The molecular weight excluding hydrogens is 188 g/mol. The molecule has 68 valence electrons. The van der Waals surface area contributed by atoms with E-state index in [2.05, 4.69) is 15.2 Å². The minimum Gasteiger partial charge on any atom is -0.342 e. The molecule has 2 heterocycles. The minimum atomic E-state index is 0.408.